The van der Waals surface area contributed by atoms with Crippen LogP contribution in [0.5, 0.6) is 0 Å². The molecule has 0 atom stereocenters. The highest BCUT2D eigenvalue weighted by Crippen LogP contribution is 2.17. The molecule has 1 amide bonds. The molecule has 2 aromatic rings. The number of aromatic nitrogens is 2. The molecule has 0 spiro atoms. The molecule has 5 nitrogen and oxygen atoms in total. The van der Waals surface area contributed by atoms with Crippen molar-refractivity contribution in [3.8, 4) is 0 Å². The van der Waals surface area contributed by atoms with Crippen LogP contribution in [0.3, 0.4) is 0 Å². The fourth-order valence-electron chi connectivity index (χ4n) is 1.63. The van der Waals surface area contributed by atoms with Gasteiger partial charge < -0.3 is 0 Å². The summed E-state index contributed by atoms with van der Waals surface area (Å²) < 4.78 is 0.813. The Balaban J connectivity index is 2.10. The number of rotatable bonds is 3. The Morgan fingerprint density at radius 1 is 1.20 bits per heavy atom. The Kier molecular flexibility index (Phi) is 4.77. The number of hydrogen-bond acceptors (Lipinski definition) is 4. The summed E-state index contributed by atoms with van der Waals surface area (Å²) in [5.41, 5.74) is 7.41. The number of hydrazine groups is 1. The first-order chi connectivity index (χ1) is 9.45. The van der Waals surface area contributed by atoms with Crippen LogP contribution in [0.1, 0.15) is 21.7 Å². The van der Waals surface area contributed by atoms with Gasteiger partial charge in [0, 0.05) is 20.0 Å². The molecule has 7 heteroatoms. The molecule has 1 aromatic carbocycles. The lowest BCUT2D eigenvalue weighted by Crippen LogP contribution is -2.31. The molecule has 104 valence electrons. The van der Waals surface area contributed by atoms with Crippen LogP contribution in [0, 0.1) is 17.4 Å². The van der Waals surface area contributed by atoms with Crippen molar-refractivity contribution in [2.24, 2.45) is 0 Å². The average molecular weight is 403 g/mol. The lowest BCUT2D eigenvalue weighted by molar-refractivity contribution is 0.0961. The Bertz CT molecular complexity index is 643. The number of halogens is 2. The van der Waals surface area contributed by atoms with Crippen LogP contribution in [-0.4, -0.2) is 15.9 Å². The van der Waals surface area contributed by atoms with Crippen LogP contribution < -0.4 is 10.9 Å². The first-order valence-corrected chi connectivity index (χ1v) is 7.25. The number of carbonyl (C=O) groups is 1. The van der Waals surface area contributed by atoms with Gasteiger partial charge in [-0.15, -0.1) is 0 Å². The molecular formula is C13H12ClIN4O. The summed E-state index contributed by atoms with van der Waals surface area (Å²) in [6.45, 7) is 3.73. The number of aryl methyl sites for hydroxylation is 2. The number of nitrogens with one attached hydrogen (secondary N) is 2. The van der Waals surface area contributed by atoms with E-state index >= 15 is 0 Å². The van der Waals surface area contributed by atoms with Crippen molar-refractivity contribution in [3.05, 3.63) is 49.8 Å². The molecule has 0 fully saturated rings. The van der Waals surface area contributed by atoms with Gasteiger partial charge in [0.15, 0.2) is 0 Å². The van der Waals surface area contributed by atoms with E-state index in [1.807, 2.05) is 19.9 Å². The van der Waals surface area contributed by atoms with Gasteiger partial charge in [-0.1, -0.05) is 11.6 Å². The van der Waals surface area contributed by atoms with Crippen LogP contribution in [0.4, 0.5) is 5.95 Å². The summed E-state index contributed by atoms with van der Waals surface area (Å²) in [5.74, 6) is 0.0625. The zero-order valence-corrected chi connectivity index (χ0v) is 13.8. The highest BCUT2D eigenvalue weighted by atomic mass is 127. The van der Waals surface area contributed by atoms with Crippen LogP contribution >= 0.6 is 34.2 Å². The molecule has 0 aliphatic heterocycles. The monoisotopic (exact) mass is 402 g/mol. The van der Waals surface area contributed by atoms with E-state index in [1.54, 1.807) is 18.2 Å². The number of benzene rings is 1. The lowest BCUT2D eigenvalue weighted by Gasteiger charge is -2.09. The molecule has 0 radical (unpaired) electrons. The summed E-state index contributed by atoms with van der Waals surface area (Å²) in [6.07, 6.45) is 0. The van der Waals surface area contributed by atoms with Gasteiger partial charge in [-0.25, -0.2) is 9.97 Å². The van der Waals surface area contributed by atoms with Gasteiger partial charge in [0.05, 0.1) is 5.56 Å². The zero-order chi connectivity index (χ0) is 14.7. The molecular weight excluding hydrogens is 391 g/mol. The molecule has 0 unspecified atom stereocenters. The third kappa shape index (κ3) is 3.80. The van der Waals surface area contributed by atoms with Crippen molar-refractivity contribution in [2.75, 3.05) is 5.43 Å². The Morgan fingerprint density at radius 2 is 1.85 bits per heavy atom. The maximum absolute atomic E-state index is 12.1. The summed E-state index contributed by atoms with van der Waals surface area (Å²) in [7, 11) is 0. The van der Waals surface area contributed by atoms with E-state index in [1.165, 1.54) is 0 Å². The van der Waals surface area contributed by atoms with E-state index < -0.39 is 0 Å². The molecule has 0 saturated carbocycles. The van der Waals surface area contributed by atoms with Gasteiger partial charge in [0.2, 0.25) is 5.95 Å². The van der Waals surface area contributed by atoms with Crippen molar-refractivity contribution in [1.29, 1.82) is 0 Å². The van der Waals surface area contributed by atoms with Crippen molar-refractivity contribution >= 4 is 46.0 Å². The minimum absolute atomic E-state index is 0.292. The standard InChI is InChI=1S/C13H12ClIN4O/c1-7-5-8(2)17-13(16-7)19-18-12(20)10-6-9(14)3-4-11(10)15/h3-6H,1-2H3,(H,18,20)(H,16,17,19). The fraction of sp³-hybridized carbons (Fsp3) is 0.154. The number of carbonyl (C=O) groups excluding carboxylic acids is 1. The smallest absolute Gasteiger partial charge is 0.267 e. The Labute approximate surface area is 135 Å². The molecule has 0 aliphatic carbocycles. The minimum Gasteiger partial charge on any atom is -0.267 e. The molecule has 0 aliphatic rings. The topological polar surface area (TPSA) is 66.9 Å². The van der Waals surface area contributed by atoms with Gasteiger partial charge >= 0.3 is 0 Å². The second kappa shape index (κ2) is 6.36. The number of amides is 1. The van der Waals surface area contributed by atoms with Crippen molar-refractivity contribution in [2.45, 2.75) is 13.8 Å². The Morgan fingerprint density at radius 3 is 2.50 bits per heavy atom. The maximum Gasteiger partial charge on any atom is 0.270 e. The fourth-order valence-corrected chi connectivity index (χ4v) is 2.39. The van der Waals surface area contributed by atoms with Gasteiger partial charge in [-0.05, 0) is 60.7 Å². The third-order valence-corrected chi connectivity index (χ3v) is 3.62. The summed E-state index contributed by atoms with van der Waals surface area (Å²) in [4.78, 5) is 20.4. The highest BCUT2D eigenvalue weighted by Gasteiger charge is 2.10. The minimum atomic E-state index is -0.292. The van der Waals surface area contributed by atoms with Crippen molar-refractivity contribution < 1.29 is 4.79 Å². The van der Waals surface area contributed by atoms with Crippen LogP contribution in [0.2, 0.25) is 5.02 Å². The third-order valence-electron chi connectivity index (χ3n) is 2.44. The SMILES string of the molecule is Cc1cc(C)nc(NNC(=O)c2cc(Cl)ccc2I)n1. The summed E-state index contributed by atoms with van der Waals surface area (Å²) in [6, 6.07) is 6.99. The molecule has 2 rings (SSSR count). The van der Waals surface area contributed by atoms with Gasteiger partial charge in [0.25, 0.3) is 5.91 Å². The first-order valence-electron chi connectivity index (χ1n) is 5.79. The van der Waals surface area contributed by atoms with Crippen LogP contribution in [0.25, 0.3) is 0 Å². The van der Waals surface area contributed by atoms with Crippen molar-refractivity contribution in [1.82, 2.24) is 15.4 Å². The molecule has 2 N–H and O–H groups in total. The average Bonchev–Trinajstić information content (AvgIpc) is 2.38. The van der Waals surface area contributed by atoms with E-state index in [9.17, 15) is 4.79 Å². The molecule has 0 bridgehead atoms. The largest absolute Gasteiger partial charge is 0.270 e. The van der Waals surface area contributed by atoms with Crippen molar-refractivity contribution in [3.63, 3.8) is 0 Å². The quantitative estimate of drug-likeness (QED) is 0.611. The van der Waals surface area contributed by atoms with Gasteiger partial charge in [0.1, 0.15) is 0 Å². The lowest BCUT2D eigenvalue weighted by atomic mass is 10.2. The predicted octanol–water partition coefficient (Wildman–Crippen LogP) is 3.11. The number of nitrogens with zero attached hydrogens (tertiary/aromatic N) is 2. The maximum atomic E-state index is 12.1. The first kappa shape index (κ1) is 15.0. The summed E-state index contributed by atoms with van der Waals surface area (Å²) >= 11 is 7.97. The van der Waals surface area contributed by atoms with E-state index in [4.69, 9.17) is 11.6 Å². The normalized spacial score (nSPS) is 10.2. The molecule has 20 heavy (non-hydrogen) atoms. The van der Waals surface area contributed by atoms with E-state index in [-0.39, 0.29) is 5.91 Å². The second-order valence-corrected chi connectivity index (χ2v) is 5.78. The Hall–Kier alpha value is -1.41. The van der Waals surface area contributed by atoms with E-state index in [0.29, 0.717) is 16.5 Å². The van der Waals surface area contributed by atoms with Gasteiger partial charge in [-0.3, -0.25) is 15.6 Å². The zero-order valence-electron chi connectivity index (χ0n) is 10.9. The van der Waals surface area contributed by atoms with Crippen LogP contribution in [-0.2, 0) is 0 Å². The second-order valence-electron chi connectivity index (χ2n) is 4.18. The number of anilines is 1. The molecule has 1 heterocycles. The van der Waals surface area contributed by atoms with E-state index in [2.05, 4.69) is 43.4 Å². The highest BCUT2D eigenvalue weighted by molar-refractivity contribution is 14.1. The number of hydrogen-bond donors (Lipinski definition) is 2. The molecule has 0 saturated heterocycles. The van der Waals surface area contributed by atoms with E-state index in [0.717, 1.165) is 15.0 Å². The van der Waals surface area contributed by atoms with Gasteiger partial charge in [-0.2, -0.15) is 0 Å². The molecule has 1 aromatic heterocycles. The predicted molar refractivity (Wildman–Crippen MR) is 86.8 cm³/mol. The van der Waals surface area contributed by atoms with Crippen LogP contribution in [0.15, 0.2) is 24.3 Å². The summed E-state index contributed by atoms with van der Waals surface area (Å²) in [5, 5.41) is 0.512.